The van der Waals surface area contributed by atoms with Gasteiger partial charge in [0.05, 0.1) is 12.2 Å². The van der Waals surface area contributed by atoms with Gasteiger partial charge in [-0.05, 0) is 32.4 Å². The molecule has 6 heteroatoms. The van der Waals surface area contributed by atoms with Crippen LogP contribution in [0.3, 0.4) is 0 Å². The average molecular weight is 308 g/mol. The van der Waals surface area contributed by atoms with Crippen LogP contribution in [0.2, 0.25) is 0 Å². The number of carbonyl (C=O) groups is 2. The molecule has 0 spiro atoms. The van der Waals surface area contributed by atoms with Gasteiger partial charge in [-0.25, -0.2) is 0 Å². The first-order valence-corrected chi connectivity index (χ1v) is 7.75. The van der Waals surface area contributed by atoms with Gasteiger partial charge in [-0.3, -0.25) is 9.59 Å². The number of likely N-dealkylation sites (tertiary alicyclic amines) is 1. The van der Waals surface area contributed by atoms with Gasteiger partial charge in [-0.1, -0.05) is 0 Å². The van der Waals surface area contributed by atoms with E-state index < -0.39 is 0 Å². The molecule has 6 nitrogen and oxygen atoms in total. The Morgan fingerprint density at radius 3 is 3.00 bits per heavy atom. The minimum atomic E-state index is -0.223. The number of nitrogens with zero attached hydrogens (tertiary/aromatic N) is 1. The van der Waals surface area contributed by atoms with E-state index in [9.17, 15) is 9.59 Å². The van der Waals surface area contributed by atoms with Crippen LogP contribution in [0.25, 0.3) is 0 Å². The lowest BCUT2D eigenvalue weighted by Gasteiger charge is -2.20. The highest BCUT2D eigenvalue weighted by Crippen LogP contribution is 2.20. The van der Waals surface area contributed by atoms with Crippen LogP contribution < -0.4 is 5.32 Å². The van der Waals surface area contributed by atoms with E-state index in [1.54, 1.807) is 11.2 Å². The Bertz CT molecular complexity index is 484. The Kier molecular flexibility index (Phi) is 6.00. The minimum Gasteiger partial charge on any atom is -0.467 e. The van der Waals surface area contributed by atoms with Crippen LogP contribution in [0.15, 0.2) is 22.8 Å². The van der Waals surface area contributed by atoms with E-state index in [0.717, 1.165) is 12.2 Å². The topological polar surface area (TPSA) is 71.8 Å². The molecule has 2 rings (SSSR count). The quantitative estimate of drug-likeness (QED) is 0.740. The summed E-state index contributed by atoms with van der Waals surface area (Å²) in [4.78, 5) is 25.6. The fourth-order valence-electron chi connectivity index (χ4n) is 2.50. The van der Waals surface area contributed by atoms with Gasteiger partial charge in [0.25, 0.3) is 0 Å². The van der Waals surface area contributed by atoms with Crippen LogP contribution in [-0.2, 0) is 20.9 Å². The van der Waals surface area contributed by atoms with Crippen molar-refractivity contribution in [2.24, 2.45) is 5.92 Å². The number of amides is 2. The van der Waals surface area contributed by atoms with E-state index in [-0.39, 0.29) is 23.8 Å². The third-order valence-corrected chi connectivity index (χ3v) is 3.74. The maximum absolute atomic E-state index is 12.0. The molecule has 0 aliphatic carbocycles. The number of carbonyl (C=O) groups excluding carboxylic acids is 2. The van der Waals surface area contributed by atoms with Gasteiger partial charge in [-0.15, -0.1) is 0 Å². The molecule has 1 aliphatic heterocycles. The molecule has 1 aromatic heterocycles. The highest BCUT2D eigenvalue weighted by molar-refractivity contribution is 5.89. The summed E-state index contributed by atoms with van der Waals surface area (Å²) in [5.41, 5.74) is 0. The summed E-state index contributed by atoms with van der Waals surface area (Å²) in [5, 5.41) is 2.88. The van der Waals surface area contributed by atoms with E-state index in [4.69, 9.17) is 9.15 Å². The Labute approximate surface area is 130 Å². The molecule has 1 fully saturated rings. The molecule has 0 saturated carbocycles. The van der Waals surface area contributed by atoms with Crippen molar-refractivity contribution in [3.8, 4) is 0 Å². The Morgan fingerprint density at radius 1 is 1.55 bits per heavy atom. The summed E-state index contributed by atoms with van der Waals surface area (Å²) in [6, 6.07) is 3.84. The first-order valence-electron chi connectivity index (χ1n) is 7.75. The zero-order chi connectivity index (χ0) is 15.9. The van der Waals surface area contributed by atoms with Crippen LogP contribution in [0.5, 0.6) is 0 Å². The van der Waals surface area contributed by atoms with Crippen molar-refractivity contribution < 1.29 is 18.7 Å². The maximum Gasteiger partial charge on any atom is 0.225 e. The Morgan fingerprint density at radius 2 is 2.36 bits per heavy atom. The van der Waals surface area contributed by atoms with Gasteiger partial charge >= 0.3 is 0 Å². The predicted octanol–water partition coefficient (Wildman–Crippen LogP) is 1.56. The highest BCUT2D eigenvalue weighted by atomic mass is 16.5. The minimum absolute atomic E-state index is 0.0393. The van der Waals surface area contributed by atoms with Crippen molar-refractivity contribution in [3.63, 3.8) is 0 Å². The summed E-state index contributed by atoms with van der Waals surface area (Å²) < 4.78 is 10.6. The Hall–Kier alpha value is -1.82. The van der Waals surface area contributed by atoms with Gasteiger partial charge in [0.2, 0.25) is 11.8 Å². The zero-order valence-corrected chi connectivity index (χ0v) is 13.2. The van der Waals surface area contributed by atoms with E-state index in [1.165, 1.54) is 0 Å². The smallest absolute Gasteiger partial charge is 0.225 e. The number of nitrogens with one attached hydrogen (secondary N) is 1. The molecule has 1 atom stereocenters. The number of hydrogen-bond acceptors (Lipinski definition) is 4. The molecule has 22 heavy (non-hydrogen) atoms. The lowest BCUT2D eigenvalue weighted by Crippen LogP contribution is -2.36. The molecule has 1 unspecified atom stereocenters. The lowest BCUT2D eigenvalue weighted by molar-refractivity contribution is -0.129. The molecule has 2 heterocycles. The fraction of sp³-hybridized carbons (Fsp3) is 0.625. The zero-order valence-electron chi connectivity index (χ0n) is 13.2. The number of ether oxygens (including phenoxy) is 1. The normalized spacial score (nSPS) is 18.2. The monoisotopic (exact) mass is 308 g/mol. The third-order valence-electron chi connectivity index (χ3n) is 3.74. The van der Waals surface area contributed by atoms with Gasteiger partial charge in [0, 0.05) is 32.2 Å². The van der Waals surface area contributed by atoms with Crippen molar-refractivity contribution in [2.75, 3.05) is 19.7 Å². The fourth-order valence-corrected chi connectivity index (χ4v) is 2.50. The SMILES string of the molecule is CC(C)N1CC(C(=O)NCCCOCc2ccco2)CC1=O. The van der Waals surface area contributed by atoms with Crippen LogP contribution in [0.1, 0.15) is 32.4 Å². The second kappa shape index (κ2) is 7.98. The first-order chi connectivity index (χ1) is 10.6. The van der Waals surface area contributed by atoms with Crippen molar-refractivity contribution in [3.05, 3.63) is 24.2 Å². The van der Waals surface area contributed by atoms with Crippen LogP contribution in [0, 0.1) is 5.92 Å². The van der Waals surface area contributed by atoms with Crippen molar-refractivity contribution >= 4 is 11.8 Å². The second-order valence-electron chi connectivity index (χ2n) is 5.82. The summed E-state index contributed by atoms with van der Waals surface area (Å²) in [5.74, 6) is 0.598. The van der Waals surface area contributed by atoms with Gasteiger partial charge in [0.15, 0.2) is 0 Å². The number of furan rings is 1. The Balaban J connectivity index is 1.57. The molecule has 1 aliphatic rings. The molecular formula is C16H24N2O4. The predicted molar refractivity (Wildman–Crippen MR) is 80.9 cm³/mol. The van der Waals surface area contributed by atoms with E-state index in [0.29, 0.717) is 32.7 Å². The molecule has 1 saturated heterocycles. The summed E-state index contributed by atoms with van der Waals surface area (Å²) >= 11 is 0. The standard InChI is InChI=1S/C16H24N2O4/c1-12(2)18-10-13(9-15(18)19)16(20)17-6-4-7-21-11-14-5-3-8-22-14/h3,5,8,12-13H,4,6-7,9-11H2,1-2H3,(H,17,20). The van der Waals surface area contributed by atoms with E-state index in [2.05, 4.69) is 5.32 Å². The summed E-state index contributed by atoms with van der Waals surface area (Å²) in [6.07, 6.45) is 2.67. The summed E-state index contributed by atoms with van der Waals surface area (Å²) in [7, 11) is 0. The third kappa shape index (κ3) is 4.59. The molecule has 0 aromatic carbocycles. The van der Waals surface area contributed by atoms with Crippen molar-refractivity contribution in [2.45, 2.75) is 39.3 Å². The van der Waals surface area contributed by atoms with Gasteiger partial charge < -0.3 is 19.4 Å². The molecule has 1 aromatic rings. The average Bonchev–Trinajstić information content (AvgIpc) is 3.11. The first kappa shape index (κ1) is 16.5. The van der Waals surface area contributed by atoms with Crippen molar-refractivity contribution in [1.82, 2.24) is 10.2 Å². The molecular weight excluding hydrogens is 284 g/mol. The van der Waals surface area contributed by atoms with Crippen LogP contribution in [-0.4, -0.2) is 42.5 Å². The number of hydrogen-bond donors (Lipinski definition) is 1. The number of rotatable bonds is 8. The van der Waals surface area contributed by atoms with Crippen LogP contribution in [0.4, 0.5) is 0 Å². The highest BCUT2D eigenvalue weighted by Gasteiger charge is 2.35. The molecule has 0 radical (unpaired) electrons. The van der Waals surface area contributed by atoms with Gasteiger partial charge in [-0.2, -0.15) is 0 Å². The van der Waals surface area contributed by atoms with Gasteiger partial charge in [0.1, 0.15) is 12.4 Å². The lowest BCUT2D eigenvalue weighted by atomic mass is 10.1. The molecule has 0 bridgehead atoms. The van der Waals surface area contributed by atoms with E-state index in [1.807, 2.05) is 26.0 Å². The largest absolute Gasteiger partial charge is 0.467 e. The maximum atomic E-state index is 12.0. The van der Waals surface area contributed by atoms with E-state index >= 15 is 0 Å². The second-order valence-corrected chi connectivity index (χ2v) is 5.82. The molecule has 2 amide bonds. The molecule has 1 N–H and O–H groups in total. The summed E-state index contributed by atoms with van der Waals surface area (Å²) in [6.45, 7) is 6.02. The molecule has 122 valence electrons. The van der Waals surface area contributed by atoms with Crippen LogP contribution >= 0.6 is 0 Å². The van der Waals surface area contributed by atoms with Crippen molar-refractivity contribution in [1.29, 1.82) is 0 Å².